The molecule has 0 radical (unpaired) electrons. The van der Waals surface area contributed by atoms with Gasteiger partial charge in [-0.25, -0.2) is 0 Å². The highest BCUT2D eigenvalue weighted by molar-refractivity contribution is 6.06. The van der Waals surface area contributed by atoms with Crippen LogP contribution < -0.4 is 14.8 Å². The summed E-state index contributed by atoms with van der Waals surface area (Å²) >= 11 is 0. The summed E-state index contributed by atoms with van der Waals surface area (Å²) in [5.74, 6) is 1.24. The van der Waals surface area contributed by atoms with Crippen molar-refractivity contribution < 1.29 is 14.3 Å². The standard InChI is InChI=1S/C17H16N2O3/c1-21-13-5-3-4-12(10-13)18-17(20)16-9-11-8-14(22-2)6-7-15(11)19-16/h3-10,19H,1-2H3,(H,18,20). The molecule has 0 aliphatic heterocycles. The number of methoxy groups -OCH3 is 2. The van der Waals surface area contributed by atoms with Crippen LogP contribution in [-0.2, 0) is 0 Å². The van der Waals surface area contributed by atoms with Crippen LogP contribution in [0.5, 0.6) is 11.5 Å². The average molecular weight is 296 g/mol. The van der Waals surface area contributed by atoms with Gasteiger partial charge in [0.05, 0.1) is 14.2 Å². The Labute approximate surface area is 127 Å². The summed E-state index contributed by atoms with van der Waals surface area (Å²) in [5.41, 5.74) is 2.06. The van der Waals surface area contributed by atoms with Crippen molar-refractivity contribution in [1.82, 2.24) is 4.98 Å². The third-order valence-electron chi connectivity index (χ3n) is 3.40. The topological polar surface area (TPSA) is 63.4 Å². The average Bonchev–Trinajstić information content (AvgIpc) is 2.98. The van der Waals surface area contributed by atoms with E-state index in [4.69, 9.17) is 9.47 Å². The zero-order chi connectivity index (χ0) is 15.5. The normalized spacial score (nSPS) is 10.5. The van der Waals surface area contributed by atoms with Gasteiger partial charge in [-0.15, -0.1) is 0 Å². The molecule has 2 aromatic carbocycles. The molecule has 0 aliphatic rings. The Morgan fingerprint density at radius 2 is 1.77 bits per heavy atom. The molecule has 22 heavy (non-hydrogen) atoms. The van der Waals surface area contributed by atoms with Crippen molar-refractivity contribution in [2.75, 3.05) is 19.5 Å². The fourth-order valence-corrected chi connectivity index (χ4v) is 2.26. The van der Waals surface area contributed by atoms with E-state index in [0.717, 1.165) is 16.7 Å². The van der Waals surface area contributed by atoms with Gasteiger partial charge in [0.25, 0.3) is 5.91 Å². The number of hydrogen-bond donors (Lipinski definition) is 2. The van der Waals surface area contributed by atoms with Gasteiger partial charge in [-0.2, -0.15) is 0 Å². The molecule has 112 valence electrons. The van der Waals surface area contributed by atoms with Crippen molar-refractivity contribution in [3.8, 4) is 11.5 Å². The number of benzene rings is 2. The van der Waals surface area contributed by atoms with Gasteiger partial charge in [0.1, 0.15) is 17.2 Å². The van der Waals surface area contributed by atoms with Gasteiger partial charge in [0.15, 0.2) is 0 Å². The molecule has 5 heteroatoms. The van der Waals surface area contributed by atoms with E-state index in [0.29, 0.717) is 17.1 Å². The molecule has 0 atom stereocenters. The summed E-state index contributed by atoms with van der Waals surface area (Å²) in [4.78, 5) is 15.4. The first kappa shape index (κ1) is 14.0. The van der Waals surface area contributed by atoms with Gasteiger partial charge in [0.2, 0.25) is 0 Å². The third-order valence-corrected chi connectivity index (χ3v) is 3.40. The SMILES string of the molecule is COc1cccc(NC(=O)c2cc3cc(OC)ccc3[nH]2)c1. The lowest BCUT2D eigenvalue weighted by Crippen LogP contribution is -2.12. The molecule has 5 nitrogen and oxygen atoms in total. The van der Waals surface area contributed by atoms with E-state index >= 15 is 0 Å². The molecule has 0 spiro atoms. The number of rotatable bonds is 4. The van der Waals surface area contributed by atoms with Gasteiger partial charge in [-0.05, 0) is 36.4 Å². The fourth-order valence-electron chi connectivity index (χ4n) is 2.26. The number of nitrogens with one attached hydrogen (secondary N) is 2. The van der Waals surface area contributed by atoms with E-state index in [-0.39, 0.29) is 5.91 Å². The summed E-state index contributed by atoms with van der Waals surface area (Å²) in [6.45, 7) is 0. The molecule has 1 aromatic heterocycles. The van der Waals surface area contributed by atoms with Crippen LogP contribution in [0, 0.1) is 0 Å². The number of aromatic amines is 1. The first-order valence-corrected chi connectivity index (χ1v) is 6.82. The van der Waals surface area contributed by atoms with Crippen molar-refractivity contribution in [2.24, 2.45) is 0 Å². The maximum atomic E-state index is 12.3. The molecule has 0 aliphatic carbocycles. The van der Waals surface area contributed by atoms with E-state index in [1.807, 2.05) is 36.4 Å². The van der Waals surface area contributed by atoms with E-state index in [9.17, 15) is 4.79 Å². The zero-order valence-electron chi connectivity index (χ0n) is 12.3. The predicted octanol–water partition coefficient (Wildman–Crippen LogP) is 3.44. The van der Waals surface area contributed by atoms with Gasteiger partial charge in [0, 0.05) is 22.7 Å². The summed E-state index contributed by atoms with van der Waals surface area (Å²) in [6.07, 6.45) is 0. The summed E-state index contributed by atoms with van der Waals surface area (Å²) in [5, 5.41) is 3.77. The second kappa shape index (κ2) is 5.81. The number of carbonyl (C=O) groups excluding carboxylic acids is 1. The zero-order valence-corrected chi connectivity index (χ0v) is 12.3. The first-order chi connectivity index (χ1) is 10.7. The van der Waals surface area contributed by atoms with Crippen LogP contribution >= 0.6 is 0 Å². The minimum Gasteiger partial charge on any atom is -0.497 e. The Bertz CT molecular complexity index is 824. The first-order valence-electron chi connectivity index (χ1n) is 6.82. The van der Waals surface area contributed by atoms with E-state index in [1.165, 1.54) is 0 Å². The second-order valence-corrected chi connectivity index (χ2v) is 4.82. The van der Waals surface area contributed by atoms with Gasteiger partial charge < -0.3 is 19.8 Å². The molecule has 3 rings (SSSR count). The molecule has 0 fully saturated rings. The molecule has 0 bridgehead atoms. The molecule has 3 aromatic rings. The highest BCUT2D eigenvalue weighted by Crippen LogP contribution is 2.22. The molecular weight excluding hydrogens is 280 g/mol. The van der Waals surface area contributed by atoms with Gasteiger partial charge in [-0.1, -0.05) is 6.07 Å². The van der Waals surface area contributed by atoms with Crippen LogP contribution in [0.25, 0.3) is 10.9 Å². The molecule has 0 saturated heterocycles. The lowest BCUT2D eigenvalue weighted by atomic mass is 10.2. The lowest BCUT2D eigenvalue weighted by Gasteiger charge is -2.05. The van der Waals surface area contributed by atoms with Crippen molar-refractivity contribution in [1.29, 1.82) is 0 Å². The maximum Gasteiger partial charge on any atom is 0.272 e. The molecule has 2 N–H and O–H groups in total. The van der Waals surface area contributed by atoms with Crippen LogP contribution in [-0.4, -0.2) is 25.1 Å². The van der Waals surface area contributed by atoms with Crippen LogP contribution in [0.2, 0.25) is 0 Å². The smallest absolute Gasteiger partial charge is 0.272 e. The second-order valence-electron chi connectivity index (χ2n) is 4.82. The molecular formula is C17H16N2O3. The van der Waals surface area contributed by atoms with Crippen LogP contribution in [0.4, 0.5) is 5.69 Å². The van der Waals surface area contributed by atoms with Gasteiger partial charge in [-0.3, -0.25) is 4.79 Å². The van der Waals surface area contributed by atoms with Crippen molar-refractivity contribution in [3.63, 3.8) is 0 Å². The van der Waals surface area contributed by atoms with Crippen LogP contribution in [0.1, 0.15) is 10.5 Å². The number of hydrogen-bond acceptors (Lipinski definition) is 3. The number of carbonyl (C=O) groups is 1. The largest absolute Gasteiger partial charge is 0.497 e. The highest BCUT2D eigenvalue weighted by atomic mass is 16.5. The maximum absolute atomic E-state index is 12.3. The Hall–Kier alpha value is -2.95. The Balaban J connectivity index is 1.85. The number of ether oxygens (including phenoxy) is 2. The number of fused-ring (bicyclic) bond motifs is 1. The van der Waals surface area contributed by atoms with Crippen LogP contribution in [0.15, 0.2) is 48.5 Å². The van der Waals surface area contributed by atoms with E-state index in [2.05, 4.69) is 10.3 Å². The van der Waals surface area contributed by atoms with Crippen molar-refractivity contribution >= 4 is 22.5 Å². The number of amides is 1. The van der Waals surface area contributed by atoms with E-state index in [1.54, 1.807) is 26.4 Å². The highest BCUT2D eigenvalue weighted by Gasteiger charge is 2.10. The Kier molecular flexibility index (Phi) is 3.70. The Morgan fingerprint density at radius 1 is 1.00 bits per heavy atom. The van der Waals surface area contributed by atoms with E-state index < -0.39 is 0 Å². The van der Waals surface area contributed by atoms with Crippen LogP contribution in [0.3, 0.4) is 0 Å². The summed E-state index contributed by atoms with van der Waals surface area (Å²) in [6, 6.07) is 14.6. The molecule has 1 heterocycles. The number of anilines is 1. The van der Waals surface area contributed by atoms with Crippen molar-refractivity contribution in [2.45, 2.75) is 0 Å². The summed E-state index contributed by atoms with van der Waals surface area (Å²) < 4.78 is 10.3. The molecule has 0 unspecified atom stereocenters. The Morgan fingerprint density at radius 3 is 2.55 bits per heavy atom. The predicted molar refractivity (Wildman–Crippen MR) is 85.8 cm³/mol. The minimum atomic E-state index is -0.205. The van der Waals surface area contributed by atoms with Crippen molar-refractivity contribution in [3.05, 3.63) is 54.2 Å². The minimum absolute atomic E-state index is 0.205. The quantitative estimate of drug-likeness (QED) is 0.775. The lowest BCUT2D eigenvalue weighted by molar-refractivity contribution is 0.102. The van der Waals surface area contributed by atoms with Gasteiger partial charge >= 0.3 is 0 Å². The monoisotopic (exact) mass is 296 g/mol. The fraction of sp³-hybridized carbons (Fsp3) is 0.118. The number of aromatic nitrogens is 1. The molecule has 1 amide bonds. The third kappa shape index (κ3) is 2.74. The number of H-pyrrole nitrogens is 1. The molecule has 0 saturated carbocycles. The summed E-state index contributed by atoms with van der Waals surface area (Å²) in [7, 11) is 3.20.